The second-order valence-electron chi connectivity index (χ2n) is 4.80. The van der Waals surface area contributed by atoms with Crippen LogP contribution in [0.2, 0.25) is 0 Å². The Kier molecular flexibility index (Phi) is 4.07. The molecule has 0 spiro atoms. The second-order valence-corrected chi connectivity index (χ2v) is 5.20. The molecule has 23 heavy (non-hydrogen) atoms. The predicted octanol–water partition coefficient (Wildman–Crippen LogP) is 2.86. The van der Waals surface area contributed by atoms with Crippen LogP contribution in [0.4, 0.5) is 16.2 Å². The van der Waals surface area contributed by atoms with Gasteiger partial charge in [-0.15, -0.1) is 0 Å². The van der Waals surface area contributed by atoms with E-state index in [9.17, 15) is 4.79 Å². The fourth-order valence-corrected chi connectivity index (χ4v) is 2.44. The molecule has 0 atom stereocenters. The van der Waals surface area contributed by atoms with Crippen LogP contribution in [-0.2, 0) is 7.05 Å². The van der Waals surface area contributed by atoms with Gasteiger partial charge in [0.2, 0.25) is 5.88 Å². The quantitative estimate of drug-likeness (QED) is 0.725. The number of hydrogen-bond acceptors (Lipinski definition) is 5. The van der Waals surface area contributed by atoms with Gasteiger partial charge in [-0.2, -0.15) is 0 Å². The van der Waals surface area contributed by atoms with E-state index < -0.39 is 6.03 Å². The predicted molar refractivity (Wildman–Crippen MR) is 92.0 cm³/mol. The third kappa shape index (κ3) is 2.80. The molecule has 0 saturated carbocycles. The molecule has 1 aromatic carbocycles. The lowest BCUT2D eigenvalue weighted by Crippen LogP contribution is -2.27. The summed E-state index contributed by atoms with van der Waals surface area (Å²) >= 11 is 4.24. The van der Waals surface area contributed by atoms with Crippen LogP contribution in [0.15, 0.2) is 42.9 Å². The standard InChI is InChI=1S/C15H15N5O2S/c1-19-9-17-13-10(5-3-6-11(13)19)18-15(21)20(23)12-7-4-8-16-14(12)22-2/h3-9,23H,1-2H3,(H,18,21). The summed E-state index contributed by atoms with van der Waals surface area (Å²) in [5, 5.41) is 2.80. The summed E-state index contributed by atoms with van der Waals surface area (Å²) in [5.41, 5.74) is 2.69. The molecular weight excluding hydrogens is 314 g/mol. The molecule has 0 aliphatic heterocycles. The Balaban J connectivity index is 1.88. The van der Waals surface area contributed by atoms with Crippen LogP contribution >= 0.6 is 12.8 Å². The maximum atomic E-state index is 12.5. The Bertz CT molecular complexity index is 864. The molecule has 3 rings (SSSR count). The molecule has 1 N–H and O–H groups in total. The highest BCUT2D eigenvalue weighted by molar-refractivity contribution is 7.82. The Hall–Kier alpha value is -2.74. The number of amides is 2. The number of para-hydroxylation sites is 1. The van der Waals surface area contributed by atoms with Gasteiger partial charge in [-0.3, -0.25) is 0 Å². The van der Waals surface area contributed by atoms with Gasteiger partial charge in [0, 0.05) is 13.2 Å². The van der Waals surface area contributed by atoms with E-state index in [1.54, 1.807) is 30.7 Å². The Morgan fingerprint density at radius 1 is 1.30 bits per heavy atom. The Labute approximate surface area is 138 Å². The van der Waals surface area contributed by atoms with E-state index in [1.165, 1.54) is 7.11 Å². The van der Waals surface area contributed by atoms with Gasteiger partial charge < -0.3 is 14.6 Å². The molecule has 0 aliphatic carbocycles. The molecular formula is C15H15N5O2S. The lowest BCUT2D eigenvalue weighted by molar-refractivity contribution is 0.260. The van der Waals surface area contributed by atoms with E-state index in [0.29, 0.717) is 22.8 Å². The fourth-order valence-electron chi connectivity index (χ4n) is 2.24. The van der Waals surface area contributed by atoms with Crippen LogP contribution in [0.25, 0.3) is 11.0 Å². The Morgan fingerprint density at radius 3 is 2.91 bits per heavy atom. The number of hydrogen-bond donors (Lipinski definition) is 2. The van der Waals surface area contributed by atoms with Crippen molar-refractivity contribution in [2.45, 2.75) is 0 Å². The highest BCUT2D eigenvalue weighted by Crippen LogP contribution is 2.28. The van der Waals surface area contributed by atoms with Crippen molar-refractivity contribution in [3.05, 3.63) is 42.9 Å². The first-order valence-corrected chi connectivity index (χ1v) is 7.21. The number of nitrogens with one attached hydrogen (secondary N) is 1. The second kappa shape index (κ2) is 6.17. The van der Waals surface area contributed by atoms with Gasteiger partial charge >= 0.3 is 6.03 Å². The maximum Gasteiger partial charge on any atom is 0.336 e. The number of benzene rings is 1. The molecule has 8 heteroatoms. The number of carbonyl (C=O) groups is 1. The summed E-state index contributed by atoms with van der Waals surface area (Å²) < 4.78 is 8.17. The van der Waals surface area contributed by atoms with Crippen LogP contribution in [-0.4, -0.2) is 27.7 Å². The number of ether oxygens (including phenoxy) is 1. The van der Waals surface area contributed by atoms with Gasteiger partial charge in [0.1, 0.15) is 11.2 Å². The van der Waals surface area contributed by atoms with Gasteiger partial charge in [0.15, 0.2) is 0 Å². The lowest BCUT2D eigenvalue weighted by Gasteiger charge is -2.18. The number of rotatable bonds is 3. The highest BCUT2D eigenvalue weighted by atomic mass is 32.1. The minimum Gasteiger partial charge on any atom is -0.479 e. The van der Waals surface area contributed by atoms with E-state index >= 15 is 0 Å². The monoisotopic (exact) mass is 329 g/mol. The van der Waals surface area contributed by atoms with Gasteiger partial charge in [0.05, 0.1) is 24.6 Å². The number of carbonyl (C=O) groups excluding carboxylic acids is 1. The van der Waals surface area contributed by atoms with E-state index in [-0.39, 0.29) is 0 Å². The zero-order valence-electron chi connectivity index (χ0n) is 12.6. The van der Waals surface area contributed by atoms with Crippen molar-refractivity contribution in [2.75, 3.05) is 16.7 Å². The molecule has 0 fully saturated rings. The topological polar surface area (TPSA) is 72.3 Å². The number of imidazole rings is 1. The molecule has 0 unspecified atom stereocenters. The fraction of sp³-hybridized carbons (Fsp3) is 0.133. The number of aryl methyl sites for hydroxylation is 1. The van der Waals surface area contributed by atoms with Crippen molar-refractivity contribution in [2.24, 2.45) is 7.05 Å². The van der Waals surface area contributed by atoms with Crippen LogP contribution in [0, 0.1) is 0 Å². The number of fused-ring (bicyclic) bond motifs is 1. The summed E-state index contributed by atoms with van der Waals surface area (Å²) in [4.78, 5) is 20.8. The smallest absolute Gasteiger partial charge is 0.336 e. The number of methoxy groups -OCH3 is 1. The zero-order chi connectivity index (χ0) is 16.4. The summed E-state index contributed by atoms with van der Waals surface area (Å²) in [7, 11) is 3.38. The van der Waals surface area contributed by atoms with Crippen LogP contribution in [0.3, 0.4) is 0 Å². The zero-order valence-corrected chi connectivity index (χ0v) is 13.5. The molecule has 3 aromatic rings. The van der Waals surface area contributed by atoms with Crippen LogP contribution in [0.5, 0.6) is 5.88 Å². The summed E-state index contributed by atoms with van der Waals surface area (Å²) in [5.74, 6) is 0.314. The molecule has 0 bridgehead atoms. The molecule has 0 saturated heterocycles. The molecule has 0 aliphatic rings. The van der Waals surface area contributed by atoms with Crippen molar-refractivity contribution >= 4 is 41.3 Å². The number of aromatic nitrogens is 3. The van der Waals surface area contributed by atoms with Crippen molar-refractivity contribution in [3.63, 3.8) is 0 Å². The third-order valence-electron chi connectivity index (χ3n) is 3.36. The normalized spacial score (nSPS) is 10.6. The summed E-state index contributed by atoms with van der Waals surface area (Å²) in [6.45, 7) is 0. The minimum absolute atomic E-state index is 0.314. The van der Waals surface area contributed by atoms with E-state index in [4.69, 9.17) is 4.74 Å². The van der Waals surface area contributed by atoms with Crippen molar-refractivity contribution in [1.29, 1.82) is 0 Å². The van der Waals surface area contributed by atoms with Gasteiger partial charge in [-0.05, 0) is 24.3 Å². The lowest BCUT2D eigenvalue weighted by atomic mass is 10.2. The largest absolute Gasteiger partial charge is 0.479 e. The maximum absolute atomic E-state index is 12.5. The van der Waals surface area contributed by atoms with Crippen molar-refractivity contribution in [1.82, 2.24) is 14.5 Å². The highest BCUT2D eigenvalue weighted by Gasteiger charge is 2.18. The van der Waals surface area contributed by atoms with Crippen LogP contribution in [0.1, 0.15) is 0 Å². The molecule has 7 nitrogen and oxygen atoms in total. The third-order valence-corrected chi connectivity index (χ3v) is 3.76. The SMILES string of the molecule is COc1ncccc1N(S)C(=O)Nc1cccc2c1ncn2C. The van der Waals surface area contributed by atoms with Gasteiger partial charge in [0.25, 0.3) is 0 Å². The molecule has 0 radical (unpaired) electrons. The number of urea groups is 1. The van der Waals surface area contributed by atoms with Crippen molar-refractivity contribution < 1.29 is 9.53 Å². The number of anilines is 2. The number of nitrogens with zero attached hydrogens (tertiary/aromatic N) is 4. The van der Waals surface area contributed by atoms with E-state index in [1.807, 2.05) is 23.7 Å². The average Bonchev–Trinajstić information content (AvgIpc) is 2.96. The first-order valence-electron chi connectivity index (χ1n) is 6.81. The molecule has 2 amide bonds. The Morgan fingerprint density at radius 2 is 2.13 bits per heavy atom. The van der Waals surface area contributed by atoms with E-state index in [2.05, 4.69) is 28.1 Å². The average molecular weight is 329 g/mol. The summed E-state index contributed by atoms with van der Waals surface area (Å²) in [6, 6.07) is 8.54. The van der Waals surface area contributed by atoms with Gasteiger partial charge in [-0.25, -0.2) is 19.1 Å². The number of pyridine rings is 1. The van der Waals surface area contributed by atoms with Crippen LogP contribution < -0.4 is 14.4 Å². The van der Waals surface area contributed by atoms with Gasteiger partial charge in [-0.1, -0.05) is 18.9 Å². The first-order chi connectivity index (χ1) is 11.1. The van der Waals surface area contributed by atoms with Crippen molar-refractivity contribution in [3.8, 4) is 5.88 Å². The molecule has 2 aromatic heterocycles. The number of thiol groups is 1. The molecule has 118 valence electrons. The van der Waals surface area contributed by atoms with E-state index in [0.717, 1.165) is 9.82 Å². The first kappa shape index (κ1) is 15.2. The minimum atomic E-state index is -0.433. The molecule has 2 heterocycles. The summed E-state index contributed by atoms with van der Waals surface area (Å²) in [6.07, 6.45) is 3.28.